The van der Waals surface area contributed by atoms with Crippen molar-refractivity contribution in [2.45, 2.75) is 51.6 Å². The summed E-state index contributed by atoms with van der Waals surface area (Å²) in [5.41, 5.74) is 6.72. The first kappa shape index (κ1) is 19.6. The molecule has 1 aromatic heterocycles. The summed E-state index contributed by atoms with van der Waals surface area (Å²) in [5.74, 6) is 1.56. The van der Waals surface area contributed by atoms with Crippen molar-refractivity contribution in [2.24, 2.45) is 11.7 Å². The lowest BCUT2D eigenvalue weighted by atomic mass is 9.85. The Kier molecular flexibility index (Phi) is 6.73. The predicted molar refractivity (Wildman–Crippen MR) is 101 cm³/mol. The summed E-state index contributed by atoms with van der Waals surface area (Å²) in [7, 11) is 0. The molecule has 1 aliphatic carbocycles. The van der Waals surface area contributed by atoms with Gasteiger partial charge < -0.3 is 20.2 Å². The van der Waals surface area contributed by atoms with Gasteiger partial charge >= 0.3 is 0 Å². The van der Waals surface area contributed by atoms with Crippen molar-refractivity contribution in [2.75, 3.05) is 6.61 Å². The highest BCUT2D eigenvalue weighted by Crippen LogP contribution is 2.31. The summed E-state index contributed by atoms with van der Waals surface area (Å²) < 4.78 is 11.6. The van der Waals surface area contributed by atoms with Gasteiger partial charge in [-0.15, -0.1) is 12.4 Å². The number of carbonyl (C=O) groups excluding carboxylic acids is 1. The summed E-state index contributed by atoms with van der Waals surface area (Å²) >= 11 is 0. The number of halogens is 1. The number of hydrogen-bond donors (Lipinski definition) is 2. The van der Waals surface area contributed by atoms with Crippen LogP contribution in [0.25, 0.3) is 11.0 Å². The number of benzene rings is 1. The zero-order valence-corrected chi connectivity index (χ0v) is 15.6. The molecule has 2 aromatic rings. The molecular weight excluding hydrogens is 340 g/mol. The van der Waals surface area contributed by atoms with Crippen LogP contribution < -0.4 is 15.8 Å². The topological polar surface area (TPSA) is 77.5 Å². The summed E-state index contributed by atoms with van der Waals surface area (Å²) in [6.45, 7) is 4.47. The monoisotopic (exact) mass is 366 g/mol. The highest BCUT2D eigenvalue weighted by atomic mass is 35.5. The normalized spacial score (nSPS) is 21.4. The van der Waals surface area contributed by atoms with E-state index < -0.39 is 0 Å². The largest absolute Gasteiger partial charge is 0.490 e. The van der Waals surface area contributed by atoms with E-state index >= 15 is 0 Å². The first-order valence-corrected chi connectivity index (χ1v) is 8.79. The second kappa shape index (κ2) is 8.59. The van der Waals surface area contributed by atoms with Crippen LogP contribution >= 0.6 is 12.4 Å². The van der Waals surface area contributed by atoms with Crippen LogP contribution in [0, 0.1) is 5.92 Å². The second-order valence-corrected chi connectivity index (χ2v) is 6.61. The van der Waals surface area contributed by atoms with Crippen LogP contribution in [0.3, 0.4) is 0 Å². The molecule has 25 heavy (non-hydrogen) atoms. The number of ether oxygens (including phenoxy) is 1. The van der Waals surface area contributed by atoms with Gasteiger partial charge in [-0.05, 0) is 45.2 Å². The number of nitrogens with two attached hydrogens (primary N) is 1. The summed E-state index contributed by atoms with van der Waals surface area (Å²) in [6.07, 6.45) is 3.73. The molecule has 0 saturated heterocycles. The lowest BCUT2D eigenvalue weighted by molar-refractivity contribution is -0.126. The number of amides is 1. The average molecular weight is 367 g/mol. The number of carbonyl (C=O) groups is 1. The molecule has 3 N–H and O–H groups in total. The quantitative estimate of drug-likeness (QED) is 0.839. The molecule has 0 aliphatic heterocycles. The lowest BCUT2D eigenvalue weighted by Crippen LogP contribution is -2.38. The second-order valence-electron chi connectivity index (χ2n) is 6.61. The maximum absolute atomic E-state index is 12.5. The van der Waals surface area contributed by atoms with Gasteiger partial charge in [-0.1, -0.05) is 18.6 Å². The van der Waals surface area contributed by atoms with Crippen molar-refractivity contribution in [3.8, 4) is 5.75 Å². The smallest absolute Gasteiger partial charge is 0.223 e. The highest BCUT2D eigenvalue weighted by Gasteiger charge is 2.27. The van der Waals surface area contributed by atoms with E-state index in [0.717, 1.165) is 48.2 Å². The summed E-state index contributed by atoms with van der Waals surface area (Å²) in [5, 5.41) is 4.05. The van der Waals surface area contributed by atoms with E-state index in [1.165, 1.54) is 0 Å². The standard InChI is InChI=1S/C19H26N2O3.ClH/c1-3-23-16-9-5-6-13-11-17(24-18(13)16)12(2)21-19(22)14-7-4-8-15(20)10-14;/h5-6,9,11-12,14-15H,3-4,7-8,10,20H2,1-2H3,(H,21,22);1H. The van der Waals surface area contributed by atoms with E-state index in [9.17, 15) is 4.79 Å². The summed E-state index contributed by atoms with van der Waals surface area (Å²) in [4.78, 5) is 12.5. The molecule has 1 saturated carbocycles. The Bertz CT molecular complexity index is 716. The number of hydrogen-bond acceptors (Lipinski definition) is 4. The Morgan fingerprint density at radius 3 is 2.96 bits per heavy atom. The molecular formula is C19H27ClN2O3. The van der Waals surface area contributed by atoms with Gasteiger partial charge in [0.05, 0.1) is 12.6 Å². The molecule has 1 aromatic carbocycles. The first-order valence-electron chi connectivity index (χ1n) is 8.79. The van der Waals surface area contributed by atoms with Crippen LogP contribution in [0.15, 0.2) is 28.7 Å². The van der Waals surface area contributed by atoms with E-state index in [2.05, 4.69) is 5.32 Å². The third kappa shape index (κ3) is 4.47. The van der Waals surface area contributed by atoms with Crippen molar-refractivity contribution in [1.29, 1.82) is 0 Å². The maximum Gasteiger partial charge on any atom is 0.223 e. The highest BCUT2D eigenvalue weighted by molar-refractivity contribution is 5.85. The van der Waals surface area contributed by atoms with E-state index in [-0.39, 0.29) is 36.3 Å². The van der Waals surface area contributed by atoms with Gasteiger partial charge in [0, 0.05) is 17.3 Å². The number of para-hydroxylation sites is 1. The number of furan rings is 1. The first-order chi connectivity index (χ1) is 11.6. The fraction of sp³-hybridized carbons (Fsp3) is 0.526. The van der Waals surface area contributed by atoms with E-state index in [0.29, 0.717) is 6.61 Å². The molecule has 3 atom stereocenters. The molecule has 6 heteroatoms. The van der Waals surface area contributed by atoms with Gasteiger partial charge in [0.15, 0.2) is 11.3 Å². The molecule has 1 heterocycles. The third-order valence-corrected chi connectivity index (χ3v) is 4.70. The van der Waals surface area contributed by atoms with Crippen molar-refractivity contribution in [3.63, 3.8) is 0 Å². The average Bonchev–Trinajstić information content (AvgIpc) is 3.00. The van der Waals surface area contributed by atoms with Gasteiger partial charge in [-0.25, -0.2) is 0 Å². The predicted octanol–water partition coefficient (Wildman–Crippen LogP) is 3.95. The molecule has 0 bridgehead atoms. The van der Waals surface area contributed by atoms with Gasteiger partial charge in [0.25, 0.3) is 0 Å². The van der Waals surface area contributed by atoms with Gasteiger partial charge in [-0.2, -0.15) is 0 Å². The van der Waals surface area contributed by atoms with Crippen LogP contribution in [-0.2, 0) is 4.79 Å². The van der Waals surface area contributed by atoms with E-state index in [4.69, 9.17) is 14.9 Å². The van der Waals surface area contributed by atoms with Crippen LogP contribution in [0.4, 0.5) is 0 Å². The third-order valence-electron chi connectivity index (χ3n) is 4.70. The Hall–Kier alpha value is -1.72. The number of nitrogens with one attached hydrogen (secondary N) is 1. The van der Waals surface area contributed by atoms with E-state index in [1.54, 1.807) is 0 Å². The van der Waals surface area contributed by atoms with Crippen molar-refractivity contribution >= 4 is 29.3 Å². The number of rotatable bonds is 5. The van der Waals surface area contributed by atoms with Crippen LogP contribution in [-0.4, -0.2) is 18.6 Å². The van der Waals surface area contributed by atoms with Crippen LogP contribution in [0.5, 0.6) is 5.75 Å². The lowest BCUT2D eigenvalue weighted by Gasteiger charge is -2.26. The Balaban J connectivity index is 0.00000225. The van der Waals surface area contributed by atoms with Crippen LogP contribution in [0.2, 0.25) is 0 Å². The SMILES string of the molecule is CCOc1cccc2cc(C(C)NC(=O)C3CCCC(N)C3)oc12.Cl. The van der Waals surface area contributed by atoms with Gasteiger partial charge in [0.1, 0.15) is 5.76 Å². The Morgan fingerprint density at radius 2 is 2.24 bits per heavy atom. The van der Waals surface area contributed by atoms with Gasteiger partial charge in [-0.3, -0.25) is 4.79 Å². The molecule has 0 radical (unpaired) electrons. The fourth-order valence-electron chi connectivity index (χ4n) is 3.41. The molecule has 138 valence electrons. The summed E-state index contributed by atoms with van der Waals surface area (Å²) in [6, 6.07) is 7.75. The van der Waals surface area contributed by atoms with Crippen molar-refractivity contribution in [3.05, 3.63) is 30.0 Å². The van der Waals surface area contributed by atoms with Crippen LogP contribution in [0.1, 0.15) is 51.3 Å². The van der Waals surface area contributed by atoms with Crippen molar-refractivity contribution < 1.29 is 13.9 Å². The zero-order chi connectivity index (χ0) is 17.1. The van der Waals surface area contributed by atoms with Crippen molar-refractivity contribution in [1.82, 2.24) is 5.32 Å². The molecule has 5 nitrogen and oxygen atoms in total. The minimum absolute atomic E-state index is 0. The number of fused-ring (bicyclic) bond motifs is 1. The molecule has 3 unspecified atom stereocenters. The van der Waals surface area contributed by atoms with Gasteiger partial charge in [0.2, 0.25) is 5.91 Å². The maximum atomic E-state index is 12.5. The molecule has 1 fully saturated rings. The molecule has 0 spiro atoms. The minimum Gasteiger partial charge on any atom is -0.490 e. The molecule has 3 rings (SSSR count). The minimum atomic E-state index is -0.183. The zero-order valence-electron chi connectivity index (χ0n) is 14.8. The molecule has 1 amide bonds. The fourth-order valence-corrected chi connectivity index (χ4v) is 3.41. The van der Waals surface area contributed by atoms with E-state index in [1.807, 2.05) is 38.1 Å². The Labute approximate surface area is 154 Å². The Morgan fingerprint density at radius 1 is 1.44 bits per heavy atom. The molecule has 1 aliphatic rings.